The van der Waals surface area contributed by atoms with E-state index in [0.717, 1.165) is 12.8 Å². The molecule has 0 saturated carbocycles. The minimum Gasteiger partial charge on any atom is -0.491 e. The highest BCUT2D eigenvalue weighted by Crippen LogP contribution is 2.35. The summed E-state index contributed by atoms with van der Waals surface area (Å²) in [6.45, 7) is 27.5. The van der Waals surface area contributed by atoms with Gasteiger partial charge in [-0.05, 0) is 146 Å². The molecule has 7 amide bonds. The van der Waals surface area contributed by atoms with E-state index in [-0.39, 0.29) is 88.1 Å². The number of rotatable bonds is 34. The van der Waals surface area contributed by atoms with Crippen molar-refractivity contribution in [2.24, 2.45) is 46.8 Å². The van der Waals surface area contributed by atoms with Gasteiger partial charge in [0.2, 0.25) is 23.6 Å². The van der Waals surface area contributed by atoms with Crippen molar-refractivity contribution < 1.29 is 76.4 Å². The van der Waals surface area contributed by atoms with Gasteiger partial charge in [0, 0.05) is 46.4 Å². The Morgan fingerprint density at radius 2 is 0.730 bits per heavy atom. The second-order valence-electron chi connectivity index (χ2n) is 25.3. The monoisotopic (exact) mass is 1380 g/mol. The number of hydrogen-bond acceptors (Lipinski definition) is 18. The smallest absolute Gasteiger partial charge is 0.337 e. The van der Waals surface area contributed by atoms with Crippen molar-refractivity contribution >= 4 is 81.4 Å². The van der Waals surface area contributed by atoms with Crippen LogP contribution in [0.3, 0.4) is 0 Å². The molecule has 26 heteroatoms. The summed E-state index contributed by atoms with van der Waals surface area (Å²) in [6.07, 6.45) is 2.53. The highest BCUT2D eigenvalue weighted by atomic mass is 16.6. The van der Waals surface area contributed by atoms with E-state index >= 15 is 0 Å². The molecule has 0 spiro atoms. The van der Waals surface area contributed by atoms with Gasteiger partial charge in [0.15, 0.2) is 5.75 Å². The van der Waals surface area contributed by atoms with Crippen LogP contribution in [0.5, 0.6) is 34.5 Å². The lowest BCUT2D eigenvalue weighted by molar-refractivity contribution is -0.386. The number of primary amides is 2. The normalized spacial score (nSPS) is 11.0. The number of methoxy groups -OCH3 is 1. The van der Waals surface area contributed by atoms with Crippen LogP contribution in [0.1, 0.15) is 178 Å². The van der Waals surface area contributed by atoms with Crippen molar-refractivity contribution in [1.82, 2.24) is 0 Å². The maximum absolute atomic E-state index is 13.1. The van der Waals surface area contributed by atoms with Crippen LogP contribution in [0.4, 0.5) is 34.1 Å². The molecule has 0 aliphatic heterocycles. The zero-order valence-corrected chi connectivity index (χ0v) is 59.5. The molecule has 100 heavy (non-hydrogen) atoms. The molecule has 0 bridgehead atoms. The quantitative estimate of drug-likeness (QED) is 0.0106. The van der Waals surface area contributed by atoms with Gasteiger partial charge in [-0.3, -0.25) is 43.7 Å². The summed E-state index contributed by atoms with van der Waals surface area (Å²) < 4.78 is 39.5. The topological polar surface area (TPSA) is 383 Å². The van der Waals surface area contributed by atoms with Gasteiger partial charge in [-0.25, -0.2) is 4.79 Å². The molecule has 0 fully saturated rings. The molecule has 1 atom stereocenters. The van der Waals surface area contributed by atoms with Gasteiger partial charge in [0.25, 0.3) is 17.7 Å². The molecule has 0 saturated heterocycles. The highest BCUT2D eigenvalue weighted by molar-refractivity contribution is 6.08. The van der Waals surface area contributed by atoms with Crippen LogP contribution in [0.25, 0.3) is 0 Å². The van der Waals surface area contributed by atoms with E-state index < -0.39 is 34.5 Å². The molecule has 0 heterocycles. The molecule has 6 rings (SSSR count). The molecule has 0 aromatic heterocycles. The van der Waals surface area contributed by atoms with Crippen LogP contribution >= 0.6 is 0 Å². The first-order valence-electron chi connectivity index (χ1n) is 33.1. The molecule has 0 radical (unpaired) electrons. The number of benzene rings is 6. The number of carbonyl (C=O) groups excluding carboxylic acids is 8. The number of esters is 1. The van der Waals surface area contributed by atoms with E-state index in [2.05, 4.69) is 26.6 Å². The first-order valence-corrected chi connectivity index (χ1v) is 33.1. The zero-order valence-electron chi connectivity index (χ0n) is 59.5. The van der Waals surface area contributed by atoms with Crippen LogP contribution in [0, 0.1) is 39.7 Å². The third-order valence-electron chi connectivity index (χ3n) is 13.8. The van der Waals surface area contributed by atoms with Crippen molar-refractivity contribution in [2.45, 2.75) is 122 Å². The Labute approximate surface area is 584 Å². The number of ether oxygens (including phenoxy) is 7. The van der Waals surface area contributed by atoms with Gasteiger partial charge in [-0.15, -0.1) is 0 Å². The number of carbonyl (C=O) groups is 8. The number of unbranched alkanes of at least 4 members (excludes halogenated alkanes) is 1. The molecule has 540 valence electrons. The lowest BCUT2D eigenvalue weighted by atomic mass is 10.1. The number of nitro benzene ring substituents is 1. The van der Waals surface area contributed by atoms with Gasteiger partial charge in [0.1, 0.15) is 28.7 Å². The Kier molecular flexibility index (Phi) is 33.4. The number of hydrogen-bond donors (Lipinski definition) is 8. The number of nitro groups is 1. The van der Waals surface area contributed by atoms with Crippen molar-refractivity contribution in [1.29, 1.82) is 0 Å². The Morgan fingerprint density at radius 3 is 1.04 bits per heavy atom. The van der Waals surface area contributed by atoms with Crippen molar-refractivity contribution in [3.05, 3.63) is 153 Å². The number of amides is 7. The second-order valence-corrected chi connectivity index (χ2v) is 25.3. The molecule has 26 nitrogen and oxygen atoms in total. The highest BCUT2D eigenvalue weighted by Gasteiger charge is 2.23. The van der Waals surface area contributed by atoms with Crippen LogP contribution < -0.4 is 72.2 Å². The predicted octanol–water partition coefficient (Wildman–Crippen LogP) is 13.1. The van der Waals surface area contributed by atoms with Crippen LogP contribution in [-0.4, -0.2) is 105 Å². The number of anilines is 5. The summed E-state index contributed by atoms with van der Waals surface area (Å²) in [5.41, 5.74) is 19.7. The molecule has 0 aliphatic carbocycles. The Morgan fingerprint density at radius 1 is 0.430 bits per heavy atom. The SMILES string of the molecule is CCC(C)Oc1cc(C(=O)Nc2ccc(C(N)=O)cc2OCC(C)C)ccc1[N+](=O)[O-].CCCCC(=O)Nc1ccc(C(=O)Nc2ccc(C(N)=O)cc2OCC(C)C)cc1OCC(C)C.COC(=O)c1ccc(NC(=O)c2ccc(NC(=O)CN)c(OCC(C)C)c2)c(OCC(C)C)c1. The van der Waals surface area contributed by atoms with E-state index in [9.17, 15) is 48.5 Å². The van der Waals surface area contributed by atoms with E-state index in [4.69, 9.17) is 50.4 Å². The summed E-state index contributed by atoms with van der Waals surface area (Å²) in [5, 5.41) is 25.2. The molecule has 0 aliphatic rings. The van der Waals surface area contributed by atoms with Crippen LogP contribution in [0.2, 0.25) is 0 Å². The molecular formula is C74H97N9O17. The minimum absolute atomic E-state index is 0.0207. The first-order chi connectivity index (χ1) is 47.4. The Balaban J connectivity index is 0.000000319. The Hall–Kier alpha value is -10.8. The third kappa shape index (κ3) is 27.3. The van der Waals surface area contributed by atoms with Gasteiger partial charge < -0.3 is 76.9 Å². The largest absolute Gasteiger partial charge is 0.491 e. The van der Waals surface area contributed by atoms with Gasteiger partial charge in [-0.2, -0.15) is 0 Å². The van der Waals surface area contributed by atoms with Gasteiger partial charge in [0.05, 0.1) is 91.7 Å². The van der Waals surface area contributed by atoms with Crippen LogP contribution in [0.15, 0.2) is 109 Å². The van der Waals surface area contributed by atoms with Crippen molar-refractivity contribution in [3.63, 3.8) is 0 Å². The van der Waals surface area contributed by atoms with Crippen molar-refractivity contribution in [2.75, 3.05) is 73.3 Å². The van der Waals surface area contributed by atoms with Gasteiger partial charge >= 0.3 is 11.7 Å². The first kappa shape index (κ1) is 81.7. The zero-order chi connectivity index (χ0) is 74.3. The summed E-state index contributed by atoms with van der Waals surface area (Å²) in [7, 11) is 1.30. The van der Waals surface area contributed by atoms with E-state index in [1.54, 1.807) is 61.5 Å². The molecule has 11 N–H and O–H groups in total. The average molecular weight is 1380 g/mol. The third-order valence-corrected chi connectivity index (χ3v) is 13.8. The lowest BCUT2D eigenvalue weighted by Gasteiger charge is -2.17. The molecule has 1 unspecified atom stereocenters. The van der Waals surface area contributed by atoms with Crippen molar-refractivity contribution in [3.8, 4) is 34.5 Å². The fourth-order valence-corrected chi connectivity index (χ4v) is 8.38. The molecular weight excluding hydrogens is 1290 g/mol. The number of nitrogens with two attached hydrogens (primary N) is 3. The van der Waals surface area contributed by atoms with E-state index in [0.29, 0.717) is 120 Å². The van der Waals surface area contributed by atoms with Gasteiger partial charge in [-0.1, -0.05) is 89.5 Å². The average Bonchev–Trinajstić information content (AvgIpc) is 0.834. The molecule has 6 aromatic rings. The fraction of sp³-hybridized carbons (Fsp3) is 0.405. The second kappa shape index (κ2) is 40.8. The Bertz CT molecular complexity index is 3800. The summed E-state index contributed by atoms with van der Waals surface area (Å²) >= 11 is 0. The number of nitrogens with zero attached hydrogens (tertiary/aromatic N) is 1. The lowest BCUT2D eigenvalue weighted by Crippen LogP contribution is -2.22. The summed E-state index contributed by atoms with van der Waals surface area (Å²) in [5.74, 6) is -0.442. The summed E-state index contributed by atoms with van der Waals surface area (Å²) in [4.78, 5) is 109. The predicted molar refractivity (Wildman–Crippen MR) is 385 cm³/mol. The fourth-order valence-electron chi connectivity index (χ4n) is 8.38. The van der Waals surface area contributed by atoms with Crippen LogP contribution in [-0.2, 0) is 14.3 Å². The van der Waals surface area contributed by atoms with E-state index in [1.165, 1.54) is 61.7 Å². The maximum atomic E-state index is 13.1. The minimum atomic E-state index is -0.616. The summed E-state index contributed by atoms with van der Waals surface area (Å²) in [6, 6.07) is 27.3. The maximum Gasteiger partial charge on any atom is 0.337 e. The standard InChI is InChI=1S/C27H37N3O5.C25H33N3O6.C22H27N3O6/c1-6-7-8-25(31)29-21-12-10-20(14-24(21)35-16-18(4)5)27(33)30-22-11-9-19(26(28)32)13-23(22)34-15-17(2)3;1-15(2)13-33-21-10-17(6-8-19(21)27-23(29)12-26)24(30)28-20-9-7-18(25(31)32-5)11-22(20)34-14-16(3)4;1-5-14(4)31-20-11-16(7-9-18(20)25(28)29)22(27)24-17-8-6-15(21(23)26)10-19(17)30-12-13(2)3/h9-14,17-18H,6-8,15-16H2,1-5H3,(H2,28,32)(H,29,31)(H,30,33);6-11,15-16H,12-14,26H2,1-5H3,(H,27,29)(H,28,30);6-11,13-14H,5,12H2,1-4H3,(H2,23,26)(H,24,27). The molecule has 6 aromatic carbocycles. The number of nitrogens with one attached hydrogen (secondary N) is 5. The van der Waals surface area contributed by atoms with E-state index in [1.807, 2.05) is 83.1 Å².